The Bertz CT molecular complexity index is 351. The summed E-state index contributed by atoms with van der Waals surface area (Å²) < 4.78 is 0. The van der Waals surface area contributed by atoms with Crippen LogP contribution >= 0.6 is 11.8 Å². The van der Waals surface area contributed by atoms with Crippen LogP contribution in [0.15, 0.2) is 0 Å². The molecule has 1 aliphatic heterocycles. The number of carboxylic acid groups (broad SMARTS) is 1. The number of carboxylic acids is 1. The van der Waals surface area contributed by atoms with Crippen molar-refractivity contribution >= 4 is 23.8 Å². The number of nitrogens with zero attached hydrogens (tertiary/aromatic N) is 1. The molecule has 0 aromatic rings. The second kappa shape index (κ2) is 6.50. The molecule has 2 fully saturated rings. The van der Waals surface area contributed by atoms with E-state index in [9.17, 15) is 9.59 Å². The molecule has 108 valence electrons. The zero-order valence-electron chi connectivity index (χ0n) is 11.3. The van der Waals surface area contributed by atoms with Crippen molar-refractivity contribution in [3.8, 4) is 0 Å². The van der Waals surface area contributed by atoms with Crippen LogP contribution in [0.3, 0.4) is 0 Å². The third-order valence-electron chi connectivity index (χ3n) is 4.09. The summed E-state index contributed by atoms with van der Waals surface area (Å²) in [5.74, 6) is -0.890. The van der Waals surface area contributed by atoms with Crippen molar-refractivity contribution < 1.29 is 14.7 Å². The quantitative estimate of drug-likeness (QED) is 0.831. The van der Waals surface area contributed by atoms with Crippen LogP contribution in [0.25, 0.3) is 0 Å². The van der Waals surface area contributed by atoms with E-state index in [0.29, 0.717) is 18.2 Å². The summed E-state index contributed by atoms with van der Waals surface area (Å²) >= 11 is 1.86. The minimum atomic E-state index is -0.890. The monoisotopic (exact) mass is 286 g/mol. The highest BCUT2D eigenvalue weighted by Gasteiger charge is 2.35. The average molecular weight is 286 g/mol. The number of hydrogen-bond donors (Lipinski definition) is 2. The lowest BCUT2D eigenvalue weighted by atomic mass is 9.95. The normalized spacial score (nSPS) is 31.2. The van der Waals surface area contributed by atoms with Crippen molar-refractivity contribution in [3.05, 3.63) is 0 Å². The third-order valence-corrected chi connectivity index (χ3v) is 5.18. The van der Waals surface area contributed by atoms with Crippen LogP contribution in [-0.2, 0) is 4.79 Å². The van der Waals surface area contributed by atoms with Crippen molar-refractivity contribution in [3.63, 3.8) is 0 Å². The molecule has 1 saturated carbocycles. The van der Waals surface area contributed by atoms with E-state index in [4.69, 9.17) is 5.11 Å². The second-order valence-corrected chi connectivity index (χ2v) is 6.50. The first-order valence-corrected chi connectivity index (χ1v) is 8.23. The first-order chi connectivity index (χ1) is 9.11. The number of carbonyl (C=O) groups excluding carboxylic acids is 1. The van der Waals surface area contributed by atoms with E-state index in [1.54, 1.807) is 0 Å². The Labute approximate surface area is 118 Å². The second-order valence-electron chi connectivity index (χ2n) is 5.36. The van der Waals surface area contributed by atoms with Gasteiger partial charge in [0.2, 0.25) is 0 Å². The molecule has 0 bridgehead atoms. The Kier molecular flexibility index (Phi) is 4.96. The van der Waals surface area contributed by atoms with E-state index in [-0.39, 0.29) is 12.1 Å². The zero-order chi connectivity index (χ0) is 13.8. The van der Waals surface area contributed by atoms with Gasteiger partial charge in [0.25, 0.3) is 0 Å². The average Bonchev–Trinajstić information content (AvgIpc) is 2.88. The van der Waals surface area contributed by atoms with Crippen molar-refractivity contribution in [2.24, 2.45) is 0 Å². The van der Waals surface area contributed by atoms with Crippen LogP contribution in [0.2, 0.25) is 0 Å². The maximum absolute atomic E-state index is 12.2. The van der Waals surface area contributed by atoms with Gasteiger partial charge in [-0.1, -0.05) is 6.42 Å². The number of thioether (sulfide) groups is 1. The number of urea groups is 1. The molecule has 2 aliphatic rings. The predicted molar refractivity (Wildman–Crippen MR) is 75.5 cm³/mol. The molecule has 0 aromatic heterocycles. The van der Waals surface area contributed by atoms with E-state index in [1.807, 2.05) is 11.8 Å². The highest BCUT2D eigenvalue weighted by atomic mass is 32.2. The number of rotatable bonds is 3. The van der Waals surface area contributed by atoms with Gasteiger partial charge >= 0.3 is 12.0 Å². The number of carbonyl (C=O) groups is 2. The molecule has 2 rings (SSSR count). The molecule has 2 N–H and O–H groups in total. The number of likely N-dealkylation sites (tertiary alicyclic amines) is 1. The van der Waals surface area contributed by atoms with Gasteiger partial charge in [-0.2, -0.15) is 11.8 Å². The fourth-order valence-corrected chi connectivity index (χ4v) is 3.84. The van der Waals surface area contributed by atoms with Crippen LogP contribution in [0.4, 0.5) is 4.79 Å². The molecule has 5 nitrogen and oxygen atoms in total. The Morgan fingerprint density at radius 1 is 1.26 bits per heavy atom. The Morgan fingerprint density at radius 3 is 2.74 bits per heavy atom. The van der Waals surface area contributed by atoms with Gasteiger partial charge in [0.1, 0.15) is 6.04 Å². The summed E-state index contributed by atoms with van der Waals surface area (Å²) in [5.41, 5.74) is 0. The van der Waals surface area contributed by atoms with Crippen LogP contribution in [-0.4, -0.2) is 52.1 Å². The lowest BCUT2D eigenvalue weighted by Gasteiger charge is -2.31. The molecule has 1 saturated heterocycles. The van der Waals surface area contributed by atoms with Gasteiger partial charge in [0.05, 0.1) is 0 Å². The summed E-state index contributed by atoms with van der Waals surface area (Å²) in [7, 11) is 0. The molecule has 6 heteroatoms. The molecular weight excluding hydrogens is 264 g/mol. The van der Waals surface area contributed by atoms with E-state index < -0.39 is 12.0 Å². The van der Waals surface area contributed by atoms with Crippen LogP contribution < -0.4 is 5.32 Å². The molecule has 0 radical (unpaired) electrons. The van der Waals surface area contributed by atoms with E-state index in [0.717, 1.165) is 25.7 Å². The van der Waals surface area contributed by atoms with E-state index in [2.05, 4.69) is 11.6 Å². The lowest BCUT2D eigenvalue weighted by Crippen LogP contribution is -2.50. The molecule has 19 heavy (non-hydrogen) atoms. The van der Waals surface area contributed by atoms with Crippen molar-refractivity contribution in [2.75, 3.05) is 12.8 Å². The number of aliphatic carboxylic acids is 1. The van der Waals surface area contributed by atoms with Crippen LogP contribution in [0, 0.1) is 0 Å². The molecular formula is C13H22N2O3S. The first kappa shape index (κ1) is 14.5. The minimum Gasteiger partial charge on any atom is -0.480 e. The molecule has 3 atom stereocenters. The molecule has 2 amide bonds. The largest absolute Gasteiger partial charge is 0.480 e. The number of nitrogens with one attached hydrogen (secondary N) is 1. The SMILES string of the molecule is CSC1CCCC(NC(=O)N2CCC[C@H]2C(=O)O)C1. The topological polar surface area (TPSA) is 69.6 Å². The number of hydrogen-bond acceptors (Lipinski definition) is 3. The van der Waals surface area contributed by atoms with Crippen molar-refractivity contribution in [2.45, 2.75) is 55.9 Å². The molecule has 0 aromatic carbocycles. The van der Waals surface area contributed by atoms with Crippen LogP contribution in [0.1, 0.15) is 38.5 Å². The van der Waals surface area contributed by atoms with Crippen molar-refractivity contribution in [1.29, 1.82) is 0 Å². The van der Waals surface area contributed by atoms with Gasteiger partial charge in [0, 0.05) is 17.8 Å². The molecule has 1 heterocycles. The van der Waals surface area contributed by atoms with Gasteiger partial charge in [-0.25, -0.2) is 9.59 Å². The summed E-state index contributed by atoms with van der Waals surface area (Å²) in [5, 5.41) is 12.7. The highest BCUT2D eigenvalue weighted by molar-refractivity contribution is 7.99. The Hall–Kier alpha value is -0.910. The van der Waals surface area contributed by atoms with Gasteiger partial charge in [0.15, 0.2) is 0 Å². The molecule has 1 aliphatic carbocycles. The molecule has 2 unspecified atom stereocenters. The van der Waals surface area contributed by atoms with E-state index in [1.165, 1.54) is 11.3 Å². The highest BCUT2D eigenvalue weighted by Crippen LogP contribution is 2.27. The summed E-state index contributed by atoms with van der Waals surface area (Å²) in [4.78, 5) is 24.7. The van der Waals surface area contributed by atoms with E-state index >= 15 is 0 Å². The summed E-state index contributed by atoms with van der Waals surface area (Å²) in [6.45, 7) is 0.557. The van der Waals surface area contributed by atoms with Crippen LogP contribution in [0.5, 0.6) is 0 Å². The van der Waals surface area contributed by atoms with Gasteiger partial charge in [-0.15, -0.1) is 0 Å². The van der Waals surface area contributed by atoms with Gasteiger partial charge < -0.3 is 15.3 Å². The smallest absolute Gasteiger partial charge is 0.326 e. The fourth-order valence-electron chi connectivity index (χ4n) is 3.01. The third kappa shape index (κ3) is 3.55. The zero-order valence-corrected chi connectivity index (χ0v) is 12.1. The van der Waals surface area contributed by atoms with Gasteiger partial charge in [-0.05, 0) is 38.4 Å². The predicted octanol–water partition coefficient (Wildman–Crippen LogP) is 1.92. The maximum Gasteiger partial charge on any atom is 0.326 e. The first-order valence-electron chi connectivity index (χ1n) is 6.94. The van der Waals surface area contributed by atoms with Gasteiger partial charge in [-0.3, -0.25) is 0 Å². The summed E-state index contributed by atoms with van der Waals surface area (Å²) in [6.07, 6.45) is 7.82. The summed E-state index contributed by atoms with van der Waals surface area (Å²) in [6, 6.07) is -0.634. The molecule has 0 spiro atoms. The standard InChI is InChI=1S/C13H22N2O3S/c1-19-10-5-2-4-9(8-10)14-13(18)15-7-3-6-11(15)12(16)17/h9-11H,2-8H2,1H3,(H,14,18)(H,16,17)/t9?,10?,11-/m0/s1. The van der Waals surface area contributed by atoms with Crippen molar-refractivity contribution in [1.82, 2.24) is 10.2 Å². The minimum absolute atomic E-state index is 0.198. The Balaban J connectivity index is 1.88. The maximum atomic E-state index is 12.2. The number of amides is 2. The lowest BCUT2D eigenvalue weighted by molar-refractivity contribution is -0.141. The fraction of sp³-hybridized carbons (Fsp3) is 0.846. The Morgan fingerprint density at radius 2 is 2.05 bits per heavy atom.